The van der Waals surface area contributed by atoms with Crippen LogP contribution in [0.2, 0.25) is 0 Å². The van der Waals surface area contributed by atoms with Crippen LogP contribution in [0.3, 0.4) is 0 Å². The van der Waals surface area contributed by atoms with Crippen LogP contribution in [0.4, 0.5) is 0 Å². The number of hydrogen-bond acceptors (Lipinski definition) is 1. The largest absolute Gasteiger partial charge is 0.300 e. The maximum atomic E-state index is 11.8. The van der Waals surface area contributed by atoms with Gasteiger partial charge in [-0.15, -0.1) is 0 Å². The second-order valence-electron chi connectivity index (χ2n) is 6.20. The fourth-order valence-corrected chi connectivity index (χ4v) is 2.72. The van der Waals surface area contributed by atoms with Gasteiger partial charge < -0.3 is 0 Å². The van der Waals surface area contributed by atoms with E-state index in [1.54, 1.807) is 0 Å². The van der Waals surface area contributed by atoms with Crippen molar-refractivity contribution < 1.29 is 4.79 Å². The first kappa shape index (κ1) is 17.9. The number of hydrogen-bond donors (Lipinski definition) is 0. The monoisotopic (exact) mass is 318 g/mol. The Labute approximate surface area is 145 Å². The van der Waals surface area contributed by atoms with Gasteiger partial charge in [-0.3, -0.25) is 4.79 Å². The van der Waals surface area contributed by atoms with E-state index in [9.17, 15) is 4.79 Å². The summed E-state index contributed by atoms with van der Waals surface area (Å²) in [6.07, 6.45) is 5.53. The summed E-state index contributed by atoms with van der Waals surface area (Å²) in [5, 5.41) is 0. The lowest BCUT2D eigenvalue weighted by atomic mass is 9.88. The zero-order valence-electron chi connectivity index (χ0n) is 14.8. The van der Waals surface area contributed by atoms with Gasteiger partial charge in [-0.25, -0.2) is 0 Å². The first-order valence-corrected chi connectivity index (χ1v) is 8.62. The van der Waals surface area contributed by atoms with Crippen molar-refractivity contribution in [3.63, 3.8) is 0 Å². The number of carbonyl (C=O) groups excluding carboxylic acids is 1. The van der Waals surface area contributed by atoms with E-state index in [2.05, 4.69) is 62.4 Å². The van der Waals surface area contributed by atoms with E-state index in [1.165, 1.54) is 22.3 Å². The third-order valence-electron chi connectivity index (χ3n) is 4.42. The van der Waals surface area contributed by atoms with Gasteiger partial charge in [0.15, 0.2) is 0 Å². The third kappa shape index (κ3) is 5.06. The van der Waals surface area contributed by atoms with Gasteiger partial charge in [-0.2, -0.15) is 0 Å². The van der Waals surface area contributed by atoms with Gasteiger partial charge >= 0.3 is 0 Å². The highest BCUT2D eigenvalue weighted by Gasteiger charge is 2.13. The second-order valence-corrected chi connectivity index (χ2v) is 6.20. The SMILES string of the molecule is CCC(=O)CC(C)/C(C)=C(\C=C\c1ccccc1)c1ccccc1. The number of rotatable bonds is 7. The van der Waals surface area contributed by atoms with E-state index in [1.807, 2.05) is 31.2 Å². The summed E-state index contributed by atoms with van der Waals surface area (Å²) >= 11 is 0. The van der Waals surface area contributed by atoms with Crippen LogP contribution in [0.25, 0.3) is 11.6 Å². The van der Waals surface area contributed by atoms with Crippen molar-refractivity contribution in [3.8, 4) is 0 Å². The van der Waals surface area contributed by atoms with Crippen LogP contribution in [-0.2, 0) is 4.79 Å². The Balaban J connectivity index is 2.37. The standard InChI is InChI=1S/C23H26O/c1-4-22(24)17-18(2)19(3)23(21-13-9-6-10-14-21)16-15-20-11-7-5-8-12-20/h5-16,18H,4,17H2,1-3H3/b16-15+,23-19+. The van der Waals surface area contributed by atoms with Crippen LogP contribution in [0.5, 0.6) is 0 Å². The van der Waals surface area contributed by atoms with E-state index in [0.29, 0.717) is 18.6 Å². The Morgan fingerprint density at radius 1 is 1.00 bits per heavy atom. The van der Waals surface area contributed by atoms with Crippen LogP contribution < -0.4 is 0 Å². The summed E-state index contributed by atoms with van der Waals surface area (Å²) in [5.41, 5.74) is 4.83. The average Bonchev–Trinajstić information content (AvgIpc) is 2.63. The van der Waals surface area contributed by atoms with E-state index in [4.69, 9.17) is 0 Å². The van der Waals surface area contributed by atoms with Gasteiger partial charge in [0.25, 0.3) is 0 Å². The molecule has 0 radical (unpaired) electrons. The average molecular weight is 318 g/mol. The van der Waals surface area contributed by atoms with Crippen molar-refractivity contribution >= 4 is 17.4 Å². The van der Waals surface area contributed by atoms with Gasteiger partial charge in [0, 0.05) is 12.8 Å². The molecule has 0 fully saturated rings. The summed E-state index contributed by atoms with van der Waals surface area (Å²) in [6, 6.07) is 20.7. The fraction of sp³-hybridized carbons (Fsp3) is 0.261. The number of benzene rings is 2. The molecule has 0 saturated heterocycles. The molecule has 0 aliphatic heterocycles. The lowest BCUT2D eigenvalue weighted by Crippen LogP contribution is -2.06. The van der Waals surface area contributed by atoms with Gasteiger partial charge in [-0.1, -0.05) is 92.2 Å². The Bertz CT molecular complexity index is 708. The molecule has 0 spiro atoms. The van der Waals surface area contributed by atoms with Crippen molar-refractivity contribution in [2.45, 2.75) is 33.6 Å². The minimum absolute atomic E-state index is 0.244. The van der Waals surface area contributed by atoms with Crippen LogP contribution >= 0.6 is 0 Å². The molecule has 0 bridgehead atoms. The van der Waals surface area contributed by atoms with Crippen LogP contribution in [0.15, 0.2) is 72.3 Å². The van der Waals surface area contributed by atoms with Crippen LogP contribution in [0, 0.1) is 5.92 Å². The Morgan fingerprint density at radius 3 is 2.17 bits per heavy atom. The van der Waals surface area contributed by atoms with E-state index in [0.717, 1.165) is 0 Å². The Kier molecular flexibility index (Phi) is 6.74. The van der Waals surface area contributed by atoms with Gasteiger partial charge in [0.05, 0.1) is 0 Å². The summed E-state index contributed by atoms with van der Waals surface area (Å²) in [7, 11) is 0. The summed E-state index contributed by atoms with van der Waals surface area (Å²) in [4.78, 5) is 11.8. The molecule has 2 rings (SSSR count). The van der Waals surface area contributed by atoms with Gasteiger partial charge in [0.2, 0.25) is 0 Å². The van der Waals surface area contributed by atoms with Crippen molar-refractivity contribution in [1.29, 1.82) is 0 Å². The fourth-order valence-electron chi connectivity index (χ4n) is 2.72. The molecular weight excluding hydrogens is 292 g/mol. The highest BCUT2D eigenvalue weighted by molar-refractivity contribution is 5.83. The topological polar surface area (TPSA) is 17.1 Å². The quantitative estimate of drug-likeness (QED) is 0.557. The molecule has 1 nitrogen and oxygen atoms in total. The molecule has 1 unspecified atom stereocenters. The molecule has 2 aromatic carbocycles. The van der Waals surface area contributed by atoms with Crippen LogP contribution in [-0.4, -0.2) is 5.78 Å². The molecule has 0 aromatic heterocycles. The maximum Gasteiger partial charge on any atom is 0.133 e. The van der Waals surface area contributed by atoms with Crippen molar-refractivity contribution in [1.82, 2.24) is 0 Å². The molecule has 0 aliphatic rings. The number of Topliss-reactive ketones (excluding diaryl/α,β-unsaturated/α-hetero) is 1. The van der Waals surface area contributed by atoms with Crippen molar-refractivity contribution in [2.75, 3.05) is 0 Å². The predicted molar refractivity (Wildman–Crippen MR) is 104 cm³/mol. The minimum atomic E-state index is 0.244. The molecular formula is C23H26O. The summed E-state index contributed by atoms with van der Waals surface area (Å²) in [5.74, 6) is 0.564. The van der Waals surface area contributed by atoms with Crippen LogP contribution in [0.1, 0.15) is 44.7 Å². The molecule has 1 atom stereocenters. The molecule has 0 N–H and O–H groups in total. The first-order valence-electron chi connectivity index (χ1n) is 8.62. The van der Waals surface area contributed by atoms with Gasteiger partial charge in [-0.05, 0) is 29.5 Å². The van der Waals surface area contributed by atoms with Crippen molar-refractivity contribution in [3.05, 3.63) is 83.4 Å². The van der Waals surface area contributed by atoms with Gasteiger partial charge in [0.1, 0.15) is 5.78 Å². The van der Waals surface area contributed by atoms with E-state index in [-0.39, 0.29) is 5.92 Å². The number of carbonyl (C=O) groups is 1. The van der Waals surface area contributed by atoms with E-state index < -0.39 is 0 Å². The highest BCUT2D eigenvalue weighted by Crippen LogP contribution is 2.28. The summed E-state index contributed by atoms with van der Waals surface area (Å²) in [6.45, 7) is 6.22. The zero-order chi connectivity index (χ0) is 17.4. The van der Waals surface area contributed by atoms with Crippen molar-refractivity contribution in [2.24, 2.45) is 5.92 Å². The lowest BCUT2D eigenvalue weighted by Gasteiger charge is -2.16. The highest BCUT2D eigenvalue weighted by atomic mass is 16.1. The number of allylic oxidation sites excluding steroid dienone is 3. The van der Waals surface area contributed by atoms with E-state index >= 15 is 0 Å². The smallest absolute Gasteiger partial charge is 0.133 e. The minimum Gasteiger partial charge on any atom is -0.300 e. The zero-order valence-corrected chi connectivity index (χ0v) is 14.8. The molecule has 0 aliphatic carbocycles. The summed E-state index contributed by atoms with van der Waals surface area (Å²) < 4.78 is 0. The normalized spacial score (nSPS) is 13.6. The maximum absolute atomic E-state index is 11.8. The molecule has 0 amide bonds. The molecule has 1 heteroatoms. The first-order chi connectivity index (χ1) is 11.6. The molecule has 2 aromatic rings. The number of ketones is 1. The molecule has 0 saturated carbocycles. The molecule has 124 valence electrons. The molecule has 24 heavy (non-hydrogen) atoms. The predicted octanol–water partition coefficient (Wildman–Crippen LogP) is 6.18. The Hall–Kier alpha value is -2.41. The lowest BCUT2D eigenvalue weighted by molar-refractivity contribution is -0.119. The third-order valence-corrected chi connectivity index (χ3v) is 4.42. The molecule has 0 heterocycles. The Morgan fingerprint density at radius 2 is 1.58 bits per heavy atom. The second kappa shape index (κ2) is 9.02.